The Labute approximate surface area is 141 Å². The van der Waals surface area contributed by atoms with Crippen molar-refractivity contribution in [3.05, 3.63) is 53.4 Å². The number of nitrogens with zero attached hydrogens (tertiary/aromatic N) is 3. The van der Waals surface area contributed by atoms with Crippen LogP contribution < -0.4 is 15.4 Å². The molecule has 1 saturated heterocycles. The number of benzene rings is 1. The average molecular weight is 329 g/mol. The van der Waals surface area contributed by atoms with E-state index in [1.54, 1.807) is 0 Å². The SMILES string of the molecule is CN1CCN(c2cc(NCc3ccccc3)c([NH+]([O-])O)cn2)CC1. The van der Waals surface area contributed by atoms with Crippen LogP contribution in [-0.4, -0.2) is 48.3 Å². The molecule has 3 N–H and O–H groups in total. The van der Waals surface area contributed by atoms with Crippen molar-refractivity contribution in [2.45, 2.75) is 6.54 Å². The second-order valence-electron chi connectivity index (χ2n) is 6.02. The molecule has 0 amide bonds. The summed E-state index contributed by atoms with van der Waals surface area (Å²) in [6.45, 7) is 4.33. The fraction of sp³-hybridized carbons (Fsp3) is 0.353. The number of piperazine rings is 1. The number of anilines is 2. The van der Waals surface area contributed by atoms with Crippen LogP contribution in [0.15, 0.2) is 42.6 Å². The van der Waals surface area contributed by atoms with Crippen LogP contribution in [0.3, 0.4) is 0 Å². The fourth-order valence-electron chi connectivity index (χ4n) is 2.76. The lowest BCUT2D eigenvalue weighted by Crippen LogP contribution is -2.99. The molecule has 0 radical (unpaired) electrons. The van der Waals surface area contributed by atoms with Crippen LogP contribution in [0, 0.1) is 5.21 Å². The summed E-state index contributed by atoms with van der Waals surface area (Å²) in [5, 5.41) is 23.1. The Morgan fingerprint density at radius 2 is 1.92 bits per heavy atom. The highest BCUT2D eigenvalue weighted by atomic mass is 16.8. The third-order valence-electron chi connectivity index (χ3n) is 4.27. The van der Waals surface area contributed by atoms with Gasteiger partial charge in [0.15, 0.2) is 0 Å². The van der Waals surface area contributed by atoms with E-state index >= 15 is 0 Å². The van der Waals surface area contributed by atoms with Crippen LogP contribution in [-0.2, 0) is 6.54 Å². The fourth-order valence-corrected chi connectivity index (χ4v) is 2.76. The number of aromatic nitrogens is 1. The highest BCUT2D eigenvalue weighted by Crippen LogP contribution is 2.24. The van der Waals surface area contributed by atoms with Crippen LogP contribution in [0.4, 0.5) is 17.2 Å². The Morgan fingerprint density at radius 3 is 2.58 bits per heavy atom. The van der Waals surface area contributed by atoms with Gasteiger partial charge in [0.1, 0.15) is 11.5 Å². The van der Waals surface area contributed by atoms with Crippen molar-refractivity contribution in [1.82, 2.24) is 9.88 Å². The highest BCUT2D eigenvalue weighted by molar-refractivity contribution is 5.65. The minimum absolute atomic E-state index is 0.198. The van der Waals surface area contributed by atoms with E-state index in [1.165, 1.54) is 6.20 Å². The standard InChI is InChI=1S/C17H23N5O2/c1-20-7-9-21(10-8-20)17-11-15(16(13-19-17)22(23)24)18-12-14-5-3-2-4-6-14/h2-6,11,13,22-23H,7-10,12H2,1H3,(H,18,19). The van der Waals surface area contributed by atoms with Crippen LogP contribution in [0.25, 0.3) is 0 Å². The first-order valence-corrected chi connectivity index (χ1v) is 8.08. The van der Waals surface area contributed by atoms with Crippen LogP contribution in [0.5, 0.6) is 0 Å². The number of hydrogen-bond donors (Lipinski definition) is 3. The molecule has 1 atom stereocenters. The predicted molar refractivity (Wildman–Crippen MR) is 93.5 cm³/mol. The van der Waals surface area contributed by atoms with E-state index < -0.39 is 5.23 Å². The summed E-state index contributed by atoms with van der Waals surface area (Å²) in [5.74, 6) is 0.823. The van der Waals surface area contributed by atoms with Gasteiger partial charge in [-0.15, -0.1) is 0 Å². The maximum Gasteiger partial charge on any atom is 0.205 e. The van der Waals surface area contributed by atoms with E-state index in [4.69, 9.17) is 0 Å². The van der Waals surface area contributed by atoms with Crippen molar-refractivity contribution >= 4 is 17.2 Å². The van der Waals surface area contributed by atoms with Gasteiger partial charge in [-0.1, -0.05) is 30.3 Å². The molecule has 7 nitrogen and oxygen atoms in total. The third kappa shape index (κ3) is 4.01. The highest BCUT2D eigenvalue weighted by Gasteiger charge is 2.18. The third-order valence-corrected chi connectivity index (χ3v) is 4.27. The molecule has 128 valence electrons. The second-order valence-corrected chi connectivity index (χ2v) is 6.02. The van der Waals surface area contributed by atoms with Crippen LogP contribution >= 0.6 is 0 Å². The zero-order chi connectivity index (χ0) is 16.9. The van der Waals surface area contributed by atoms with Gasteiger partial charge in [0.25, 0.3) is 0 Å². The quantitative estimate of drug-likeness (QED) is 0.706. The Kier molecular flexibility index (Phi) is 5.27. The molecular formula is C17H23N5O2. The van der Waals surface area contributed by atoms with E-state index in [2.05, 4.69) is 27.1 Å². The van der Waals surface area contributed by atoms with E-state index in [9.17, 15) is 10.4 Å². The smallest absolute Gasteiger partial charge is 0.205 e. The molecule has 3 rings (SSSR count). The summed E-state index contributed by atoms with van der Waals surface area (Å²) in [7, 11) is 2.10. The molecule has 1 unspecified atom stereocenters. The van der Waals surface area contributed by atoms with Crippen LogP contribution in [0.2, 0.25) is 0 Å². The Morgan fingerprint density at radius 1 is 1.21 bits per heavy atom. The molecule has 1 aliphatic heterocycles. The van der Waals surface area contributed by atoms with Gasteiger partial charge in [0.2, 0.25) is 5.69 Å². The Bertz CT molecular complexity index is 657. The molecular weight excluding hydrogens is 306 g/mol. The summed E-state index contributed by atoms with van der Waals surface area (Å²) < 4.78 is 0. The van der Waals surface area contributed by atoms with Gasteiger partial charge in [-0.3, -0.25) is 0 Å². The minimum atomic E-state index is -0.969. The molecule has 0 aliphatic carbocycles. The molecule has 7 heteroatoms. The normalized spacial score (nSPS) is 16.9. The summed E-state index contributed by atoms with van der Waals surface area (Å²) in [6, 6.07) is 11.8. The monoisotopic (exact) mass is 329 g/mol. The molecule has 1 aromatic heterocycles. The number of hydrogen-bond acceptors (Lipinski definition) is 6. The maximum absolute atomic E-state index is 11.5. The first-order chi connectivity index (χ1) is 11.6. The lowest BCUT2D eigenvalue weighted by Gasteiger charge is -2.33. The molecule has 0 bridgehead atoms. The first-order valence-electron chi connectivity index (χ1n) is 8.08. The number of nitrogens with one attached hydrogen (secondary N) is 2. The molecule has 1 aliphatic rings. The van der Waals surface area contributed by atoms with Crippen molar-refractivity contribution in [2.24, 2.45) is 0 Å². The Hall–Kier alpha value is -2.19. The van der Waals surface area contributed by atoms with Gasteiger partial charge in [-0.05, 0) is 12.6 Å². The minimum Gasteiger partial charge on any atom is -0.595 e. The number of pyridine rings is 1. The summed E-state index contributed by atoms with van der Waals surface area (Å²) >= 11 is 0. The second kappa shape index (κ2) is 7.59. The van der Waals surface area contributed by atoms with E-state index in [0.717, 1.165) is 37.6 Å². The predicted octanol–water partition coefficient (Wildman–Crippen LogP) is 0.849. The molecule has 1 fully saturated rings. The van der Waals surface area contributed by atoms with Gasteiger partial charge in [0, 0.05) is 38.8 Å². The van der Waals surface area contributed by atoms with Crippen molar-refractivity contribution in [3.63, 3.8) is 0 Å². The van der Waals surface area contributed by atoms with Gasteiger partial charge in [-0.2, -0.15) is 5.23 Å². The van der Waals surface area contributed by atoms with Gasteiger partial charge < -0.3 is 20.3 Å². The number of likely N-dealkylation sites (N-methyl/N-ethyl adjacent to an activating group) is 1. The van der Waals surface area contributed by atoms with Crippen molar-refractivity contribution < 1.29 is 10.4 Å². The topological polar surface area (TPSA) is 79.1 Å². The van der Waals surface area contributed by atoms with E-state index in [0.29, 0.717) is 12.2 Å². The van der Waals surface area contributed by atoms with Gasteiger partial charge in [0.05, 0.1) is 6.20 Å². The molecule has 2 heterocycles. The molecule has 1 aromatic carbocycles. The zero-order valence-electron chi connectivity index (χ0n) is 13.8. The largest absolute Gasteiger partial charge is 0.595 e. The number of rotatable bonds is 5. The van der Waals surface area contributed by atoms with E-state index in [-0.39, 0.29) is 5.69 Å². The molecule has 24 heavy (non-hydrogen) atoms. The van der Waals surface area contributed by atoms with Crippen LogP contribution in [0.1, 0.15) is 5.56 Å². The lowest BCUT2D eigenvalue weighted by atomic mass is 10.2. The lowest BCUT2D eigenvalue weighted by molar-refractivity contribution is -0.991. The van der Waals surface area contributed by atoms with Crippen molar-refractivity contribution in [3.8, 4) is 0 Å². The number of quaternary nitrogens is 1. The summed E-state index contributed by atoms with van der Waals surface area (Å²) in [6.07, 6.45) is 1.45. The summed E-state index contributed by atoms with van der Waals surface area (Å²) in [4.78, 5) is 8.82. The van der Waals surface area contributed by atoms with Crippen molar-refractivity contribution in [1.29, 1.82) is 0 Å². The van der Waals surface area contributed by atoms with Crippen molar-refractivity contribution in [2.75, 3.05) is 43.4 Å². The first kappa shape index (κ1) is 16.7. The zero-order valence-corrected chi connectivity index (χ0v) is 13.8. The molecule has 0 saturated carbocycles. The average Bonchev–Trinajstić information content (AvgIpc) is 2.61. The van der Waals surface area contributed by atoms with Gasteiger partial charge >= 0.3 is 0 Å². The Balaban J connectivity index is 1.78. The van der Waals surface area contributed by atoms with E-state index in [1.807, 2.05) is 36.4 Å². The molecule has 2 aromatic rings. The maximum atomic E-state index is 11.5. The summed E-state index contributed by atoms with van der Waals surface area (Å²) in [5.41, 5.74) is 1.91. The van der Waals surface area contributed by atoms with Gasteiger partial charge in [-0.25, -0.2) is 10.2 Å². The molecule has 0 spiro atoms.